The molecule has 108 valence electrons. The SMILES string of the molecule is Cn1c(=O)c2[nH]c(CN3CC[C@H](O)C3)nc2n(C)c1=O. The van der Waals surface area contributed by atoms with Gasteiger partial charge in [0.25, 0.3) is 5.56 Å². The van der Waals surface area contributed by atoms with Crippen LogP contribution < -0.4 is 11.2 Å². The monoisotopic (exact) mass is 279 g/mol. The third-order valence-electron chi connectivity index (χ3n) is 3.76. The van der Waals surface area contributed by atoms with Gasteiger partial charge in [-0.25, -0.2) is 9.78 Å². The number of aliphatic hydroxyl groups excluding tert-OH is 1. The van der Waals surface area contributed by atoms with E-state index in [1.807, 2.05) is 0 Å². The first kappa shape index (κ1) is 13.1. The Hall–Kier alpha value is -1.93. The molecular weight excluding hydrogens is 262 g/mol. The Bertz CT molecular complexity index is 772. The fourth-order valence-electron chi connectivity index (χ4n) is 2.62. The van der Waals surface area contributed by atoms with Crippen molar-refractivity contribution in [2.45, 2.75) is 19.1 Å². The van der Waals surface area contributed by atoms with Gasteiger partial charge in [-0.2, -0.15) is 0 Å². The number of nitrogens with one attached hydrogen (secondary N) is 1. The summed E-state index contributed by atoms with van der Waals surface area (Å²) in [6.45, 7) is 1.94. The van der Waals surface area contributed by atoms with Crippen LogP contribution in [0.1, 0.15) is 12.2 Å². The van der Waals surface area contributed by atoms with Gasteiger partial charge in [-0.1, -0.05) is 0 Å². The van der Waals surface area contributed by atoms with Crippen LogP contribution in [0.4, 0.5) is 0 Å². The lowest BCUT2D eigenvalue weighted by molar-refractivity contribution is 0.174. The molecule has 0 spiro atoms. The second-order valence-electron chi connectivity index (χ2n) is 5.27. The number of H-pyrrole nitrogens is 1. The van der Waals surface area contributed by atoms with Crippen LogP contribution in [0, 0.1) is 0 Å². The van der Waals surface area contributed by atoms with E-state index in [-0.39, 0.29) is 11.7 Å². The second kappa shape index (κ2) is 4.57. The van der Waals surface area contributed by atoms with Gasteiger partial charge in [-0.15, -0.1) is 0 Å². The molecule has 1 aliphatic heterocycles. The van der Waals surface area contributed by atoms with E-state index in [0.717, 1.165) is 17.5 Å². The average molecular weight is 279 g/mol. The number of aromatic nitrogens is 4. The molecule has 0 aromatic carbocycles. The molecule has 0 amide bonds. The van der Waals surface area contributed by atoms with Crippen LogP contribution in [-0.2, 0) is 20.6 Å². The number of aryl methyl sites for hydroxylation is 1. The lowest BCUT2D eigenvalue weighted by Crippen LogP contribution is -2.36. The number of aromatic amines is 1. The Kier molecular flexibility index (Phi) is 2.98. The highest BCUT2D eigenvalue weighted by Crippen LogP contribution is 2.13. The molecule has 2 aromatic rings. The lowest BCUT2D eigenvalue weighted by Gasteiger charge is -2.11. The molecular formula is C12H17N5O3. The zero-order chi connectivity index (χ0) is 14.4. The molecule has 0 radical (unpaired) electrons. The van der Waals surface area contributed by atoms with Gasteiger partial charge in [0.15, 0.2) is 5.65 Å². The molecule has 0 saturated carbocycles. The molecule has 1 fully saturated rings. The standard InChI is InChI=1S/C12H17N5O3/c1-15-10-9(11(19)16(2)12(15)20)13-8(14-10)6-17-4-3-7(18)5-17/h7,18H,3-6H2,1-2H3,(H,13,14)/t7-/m0/s1. The third-order valence-corrected chi connectivity index (χ3v) is 3.76. The molecule has 1 saturated heterocycles. The van der Waals surface area contributed by atoms with Crippen LogP contribution in [0.5, 0.6) is 0 Å². The Balaban J connectivity index is 2.03. The summed E-state index contributed by atoms with van der Waals surface area (Å²) in [6.07, 6.45) is 0.456. The van der Waals surface area contributed by atoms with E-state index in [9.17, 15) is 14.7 Å². The Morgan fingerprint density at radius 3 is 2.75 bits per heavy atom. The van der Waals surface area contributed by atoms with E-state index in [1.165, 1.54) is 11.6 Å². The topological polar surface area (TPSA) is 96.2 Å². The van der Waals surface area contributed by atoms with Gasteiger partial charge in [0, 0.05) is 27.2 Å². The molecule has 3 heterocycles. The molecule has 2 N–H and O–H groups in total. The number of hydrogen-bond acceptors (Lipinski definition) is 5. The van der Waals surface area contributed by atoms with E-state index in [0.29, 0.717) is 30.1 Å². The first-order valence-corrected chi connectivity index (χ1v) is 6.52. The molecule has 0 unspecified atom stereocenters. The molecule has 1 atom stereocenters. The number of imidazole rings is 1. The van der Waals surface area contributed by atoms with Crippen molar-refractivity contribution in [3.8, 4) is 0 Å². The predicted octanol–water partition coefficient (Wildman–Crippen LogP) is -1.47. The Labute approximate surface area is 114 Å². The zero-order valence-electron chi connectivity index (χ0n) is 11.5. The van der Waals surface area contributed by atoms with E-state index >= 15 is 0 Å². The van der Waals surface area contributed by atoms with Crippen molar-refractivity contribution in [1.29, 1.82) is 0 Å². The average Bonchev–Trinajstić information content (AvgIpc) is 3.01. The molecule has 0 aliphatic carbocycles. The summed E-state index contributed by atoms with van der Waals surface area (Å²) < 4.78 is 2.42. The molecule has 20 heavy (non-hydrogen) atoms. The van der Waals surface area contributed by atoms with Crippen molar-refractivity contribution >= 4 is 11.2 Å². The molecule has 2 aromatic heterocycles. The summed E-state index contributed by atoms with van der Waals surface area (Å²) in [7, 11) is 3.04. The van der Waals surface area contributed by atoms with E-state index in [4.69, 9.17) is 0 Å². The van der Waals surface area contributed by atoms with Gasteiger partial charge >= 0.3 is 5.69 Å². The molecule has 8 heteroatoms. The van der Waals surface area contributed by atoms with Gasteiger partial charge in [0.2, 0.25) is 0 Å². The Morgan fingerprint density at radius 1 is 1.35 bits per heavy atom. The van der Waals surface area contributed by atoms with Crippen LogP contribution in [0.25, 0.3) is 11.2 Å². The number of rotatable bonds is 2. The summed E-state index contributed by atoms with van der Waals surface area (Å²) in [5, 5.41) is 9.51. The molecule has 3 rings (SSSR count). The number of fused-ring (bicyclic) bond motifs is 1. The minimum absolute atomic E-state index is 0.295. The van der Waals surface area contributed by atoms with Crippen LogP contribution in [-0.4, -0.2) is 48.3 Å². The number of likely N-dealkylation sites (tertiary alicyclic amines) is 1. The van der Waals surface area contributed by atoms with Gasteiger partial charge in [0.05, 0.1) is 12.6 Å². The van der Waals surface area contributed by atoms with Gasteiger partial charge in [-0.05, 0) is 6.42 Å². The maximum absolute atomic E-state index is 12.0. The normalized spacial score (nSPS) is 20.1. The maximum atomic E-state index is 12.0. The summed E-state index contributed by atoms with van der Waals surface area (Å²) in [5.41, 5.74) is -0.0577. The van der Waals surface area contributed by atoms with Crippen LogP contribution in [0.3, 0.4) is 0 Å². The highest BCUT2D eigenvalue weighted by molar-refractivity contribution is 5.69. The highest BCUT2D eigenvalue weighted by Gasteiger charge is 2.22. The van der Waals surface area contributed by atoms with Crippen LogP contribution in [0.15, 0.2) is 9.59 Å². The van der Waals surface area contributed by atoms with E-state index < -0.39 is 5.69 Å². The van der Waals surface area contributed by atoms with E-state index in [2.05, 4.69) is 14.9 Å². The van der Waals surface area contributed by atoms with Crippen molar-refractivity contribution in [2.75, 3.05) is 13.1 Å². The van der Waals surface area contributed by atoms with Crippen LogP contribution in [0.2, 0.25) is 0 Å². The fraction of sp³-hybridized carbons (Fsp3) is 0.583. The smallest absolute Gasteiger partial charge is 0.332 e. The van der Waals surface area contributed by atoms with Gasteiger partial charge in [0.1, 0.15) is 11.3 Å². The summed E-state index contributed by atoms with van der Waals surface area (Å²) in [5.74, 6) is 0.632. The molecule has 0 bridgehead atoms. The van der Waals surface area contributed by atoms with Crippen molar-refractivity contribution < 1.29 is 5.11 Å². The summed E-state index contributed by atoms with van der Waals surface area (Å²) in [4.78, 5) is 33.2. The van der Waals surface area contributed by atoms with Crippen molar-refractivity contribution in [3.63, 3.8) is 0 Å². The number of nitrogens with zero attached hydrogens (tertiary/aromatic N) is 4. The largest absolute Gasteiger partial charge is 0.392 e. The maximum Gasteiger partial charge on any atom is 0.332 e. The van der Waals surface area contributed by atoms with Crippen molar-refractivity contribution in [2.24, 2.45) is 14.1 Å². The highest BCUT2D eigenvalue weighted by atomic mass is 16.3. The van der Waals surface area contributed by atoms with Crippen molar-refractivity contribution in [3.05, 3.63) is 26.7 Å². The lowest BCUT2D eigenvalue weighted by atomic mass is 10.3. The van der Waals surface area contributed by atoms with E-state index in [1.54, 1.807) is 7.05 Å². The first-order chi connectivity index (χ1) is 9.47. The minimum atomic E-state index is -0.392. The second-order valence-corrected chi connectivity index (χ2v) is 5.27. The number of β-amino-alcohol motifs (C(OH)–C–C–N with tert-alkyl or cyclic N) is 1. The zero-order valence-corrected chi connectivity index (χ0v) is 11.5. The van der Waals surface area contributed by atoms with Gasteiger partial charge in [-0.3, -0.25) is 18.8 Å². The summed E-state index contributed by atoms with van der Waals surface area (Å²) in [6, 6.07) is 0. The van der Waals surface area contributed by atoms with Gasteiger partial charge < -0.3 is 10.1 Å². The number of hydrogen-bond donors (Lipinski definition) is 2. The number of aliphatic hydroxyl groups is 1. The third kappa shape index (κ3) is 1.97. The fourth-order valence-corrected chi connectivity index (χ4v) is 2.62. The molecule has 1 aliphatic rings. The minimum Gasteiger partial charge on any atom is -0.392 e. The Morgan fingerprint density at radius 2 is 2.10 bits per heavy atom. The summed E-state index contributed by atoms with van der Waals surface area (Å²) >= 11 is 0. The van der Waals surface area contributed by atoms with Crippen LogP contribution >= 0.6 is 0 Å². The molecule has 8 nitrogen and oxygen atoms in total. The predicted molar refractivity (Wildman–Crippen MR) is 72.5 cm³/mol. The van der Waals surface area contributed by atoms with Crippen molar-refractivity contribution in [1.82, 2.24) is 24.0 Å². The quantitative estimate of drug-likeness (QED) is 0.699. The first-order valence-electron chi connectivity index (χ1n) is 6.52.